The van der Waals surface area contributed by atoms with Gasteiger partial charge in [-0.25, -0.2) is 0 Å². The summed E-state index contributed by atoms with van der Waals surface area (Å²) in [7, 11) is 0. The Balaban J connectivity index is 2.03. The summed E-state index contributed by atoms with van der Waals surface area (Å²) in [6, 6.07) is 0. The fourth-order valence-corrected chi connectivity index (χ4v) is 1.57. The van der Waals surface area contributed by atoms with E-state index in [-0.39, 0.29) is 5.97 Å². The Morgan fingerprint density at radius 3 is 2.71 bits per heavy atom. The van der Waals surface area contributed by atoms with Crippen molar-refractivity contribution in [2.75, 3.05) is 6.61 Å². The van der Waals surface area contributed by atoms with Crippen LogP contribution in [0, 0.1) is 0 Å². The summed E-state index contributed by atoms with van der Waals surface area (Å²) >= 11 is 0. The molecule has 0 aromatic heterocycles. The first-order valence-electron chi connectivity index (χ1n) is 5.23. The number of hydrogen-bond donors (Lipinski definition) is 0. The van der Waals surface area contributed by atoms with E-state index in [0.29, 0.717) is 12.7 Å². The molecule has 0 bridgehead atoms. The van der Waals surface area contributed by atoms with Crippen LogP contribution in [0.2, 0.25) is 0 Å². The van der Waals surface area contributed by atoms with E-state index in [2.05, 4.69) is 0 Å². The molecule has 0 radical (unpaired) electrons. The minimum Gasteiger partial charge on any atom is -0.498 e. The molecule has 0 amide bonds. The number of esters is 1. The first kappa shape index (κ1) is 11.1. The number of ether oxygens (including phenoxy) is 2. The van der Waals surface area contributed by atoms with Crippen LogP contribution in [0.15, 0.2) is 12.3 Å². The van der Waals surface area contributed by atoms with E-state index in [4.69, 9.17) is 9.47 Å². The van der Waals surface area contributed by atoms with Crippen molar-refractivity contribution < 1.29 is 14.3 Å². The van der Waals surface area contributed by atoms with Crippen molar-refractivity contribution >= 4 is 5.97 Å². The van der Waals surface area contributed by atoms with E-state index in [9.17, 15) is 4.79 Å². The minimum absolute atomic E-state index is 0.257. The van der Waals surface area contributed by atoms with Crippen molar-refractivity contribution in [3.8, 4) is 0 Å². The maximum absolute atomic E-state index is 10.4. The normalized spacial score (nSPS) is 18.4. The Morgan fingerprint density at radius 2 is 2.07 bits per heavy atom. The van der Waals surface area contributed by atoms with Gasteiger partial charge in [0.25, 0.3) is 0 Å². The lowest BCUT2D eigenvalue weighted by Gasteiger charge is -2.20. The van der Waals surface area contributed by atoms with Crippen LogP contribution in [0.4, 0.5) is 0 Å². The highest BCUT2D eigenvalue weighted by Gasteiger charge is 2.12. The molecule has 0 saturated heterocycles. The monoisotopic (exact) mass is 198 g/mol. The van der Waals surface area contributed by atoms with Crippen LogP contribution in [0.25, 0.3) is 0 Å². The molecule has 14 heavy (non-hydrogen) atoms. The molecular formula is C11H18O3. The quantitative estimate of drug-likeness (QED) is 0.514. The lowest BCUT2D eigenvalue weighted by Crippen LogP contribution is -2.13. The SMILES string of the molecule is CC(=O)OCC=COC1CCCCC1. The molecule has 1 saturated carbocycles. The third-order valence-corrected chi connectivity index (χ3v) is 2.30. The zero-order valence-electron chi connectivity index (χ0n) is 8.70. The second-order valence-electron chi connectivity index (χ2n) is 3.57. The zero-order chi connectivity index (χ0) is 10.2. The highest BCUT2D eigenvalue weighted by molar-refractivity contribution is 5.65. The van der Waals surface area contributed by atoms with Gasteiger partial charge in [-0.05, 0) is 31.8 Å². The number of rotatable bonds is 4. The third-order valence-electron chi connectivity index (χ3n) is 2.30. The summed E-state index contributed by atoms with van der Waals surface area (Å²) in [6.45, 7) is 1.71. The van der Waals surface area contributed by atoms with Gasteiger partial charge >= 0.3 is 5.97 Å². The van der Waals surface area contributed by atoms with Gasteiger partial charge in [0.05, 0.1) is 12.4 Å². The molecule has 1 fully saturated rings. The fraction of sp³-hybridized carbons (Fsp3) is 0.727. The molecule has 1 aliphatic rings. The smallest absolute Gasteiger partial charge is 0.302 e. The third kappa shape index (κ3) is 4.90. The summed E-state index contributed by atoms with van der Waals surface area (Å²) in [5.74, 6) is -0.257. The van der Waals surface area contributed by atoms with Crippen molar-refractivity contribution in [2.24, 2.45) is 0 Å². The standard InChI is InChI=1S/C11H18O3/c1-10(12)13-8-5-9-14-11-6-3-2-4-7-11/h5,9,11H,2-4,6-8H2,1H3. The summed E-state index contributed by atoms with van der Waals surface area (Å²) in [5.41, 5.74) is 0. The van der Waals surface area contributed by atoms with E-state index in [1.54, 1.807) is 12.3 Å². The first-order valence-corrected chi connectivity index (χ1v) is 5.23. The molecule has 0 N–H and O–H groups in total. The second kappa shape index (κ2) is 6.46. The molecule has 0 heterocycles. The number of carbonyl (C=O) groups excluding carboxylic acids is 1. The van der Waals surface area contributed by atoms with Gasteiger partial charge in [0.15, 0.2) is 0 Å². The maximum atomic E-state index is 10.4. The van der Waals surface area contributed by atoms with Crippen molar-refractivity contribution in [1.29, 1.82) is 0 Å². The van der Waals surface area contributed by atoms with Gasteiger partial charge in [-0.3, -0.25) is 4.79 Å². The highest BCUT2D eigenvalue weighted by atomic mass is 16.5. The largest absolute Gasteiger partial charge is 0.498 e. The predicted molar refractivity (Wildman–Crippen MR) is 53.7 cm³/mol. The number of hydrogen-bond acceptors (Lipinski definition) is 3. The Bertz CT molecular complexity index is 193. The van der Waals surface area contributed by atoms with Gasteiger partial charge in [-0.15, -0.1) is 0 Å². The summed E-state index contributed by atoms with van der Waals surface area (Å²) in [6.07, 6.45) is 9.92. The van der Waals surface area contributed by atoms with Gasteiger partial charge in [-0.1, -0.05) is 6.42 Å². The molecule has 1 rings (SSSR count). The summed E-state index contributed by atoms with van der Waals surface area (Å²) in [5, 5.41) is 0. The van der Waals surface area contributed by atoms with E-state index in [0.717, 1.165) is 12.8 Å². The minimum atomic E-state index is -0.257. The van der Waals surface area contributed by atoms with Crippen LogP contribution in [0.3, 0.4) is 0 Å². The Morgan fingerprint density at radius 1 is 1.36 bits per heavy atom. The van der Waals surface area contributed by atoms with Gasteiger partial charge in [-0.2, -0.15) is 0 Å². The second-order valence-corrected chi connectivity index (χ2v) is 3.57. The van der Waals surface area contributed by atoms with Crippen LogP contribution >= 0.6 is 0 Å². The van der Waals surface area contributed by atoms with Gasteiger partial charge in [0.1, 0.15) is 6.61 Å². The molecule has 0 aliphatic heterocycles. The first-order chi connectivity index (χ1) is 6.79. The van der Waals surface area contributed by atoms with Gasteiger partial charge in [0, 0.05) is 6.92 Å². The molecular weight excluding hydrogens is 180 g/mol. The predicted octanol–water partition coefficient (Wildman–Crippen LogP) is 2.41. The Labute approximate surface area is 85.1 Å². The Kier molecular flexibility index (Phi) is 5.12. The fourth-order valence-electron chi connectivity index (χ4n) is 1.57. The molecule has 0 spiro atoms. The van der Waals surface area contributed by atoms with Crippen LogP contribution in [-0.4, -0.2) is 18.7 Å². The van der Waals surface area contributed by atoms with Crippen molar-refractivity contribution in [2.45, 2.75) is 45.1 Å². The molecule has 0 aromatic carbocycles. The van der Waals surface area contributed by atoms with Crippen molar-refractivity contribution in [3.05, 3.63) is 12.3 Å². The summed E-state index contributed by atoms with van der Waals surface area (Å²) < 4.78 is 10.2. The van der Waals surface area contributed by atoms with Crippen molar-refractivity contribution in [3.63, 3.8) is 0 Å². The van der Waals surface area contributed by atoms with E-state index >= 15 is 0 Å². The maximum Gasteiger partial charge on any atom is 0.302 e. The van der Waals surface area contributed by atoms with Crippen molar-refractivity contribution in [1.82, 2.24) is 0 Å². The molecule has 0 unspecified atom stereocenters. The summed E-state index contributed by atoms with van der Waals surface area (Å²) in [4.78, 5) is 10.4. The zero-order valence-corrected chi connectivity index (χ0v) is 8.70. The number of carbonyl (C=O) groups is 1. The van der Waals surface area contributed by atoms with Gasteiger partial charge < -0.3 is 9.47 Å². The van der Waals surface area contributed by atoms with Crippen LogP contribution < -0.4 is 0 Å². The lowest BCUT2D eigenvalue weighted by molar-refractivity contribution is -0.139. The molecule has 0 aromatic rings. The van der Waals surface area contributed by atoms with E-state index in [1.165, 1.54) is 26.2 Å². The average molecular weight is 198 g/mol. The van der Waals surface area contributed by atoms with Crippen LogP contribution in [0.1, 0.15) is 39.0 Å². The topological polar surface area (TPSA) is 35.5 Å². The molecule has 3 heteroatoms. The van der Waals surface area contributed by atoms with Crippen LogP contribution in [0.5, 0.6) is 0 Å². The molecule has 0 atom stereocenters. The van der Waals surface area contributed by atoms with E-state index < -0.39 is 0 Å². The van der Waals surface area contributed by atoms with Gasteiger partial charge in [0.2, 0.25) is 0 Å². The molecule has 3 nitrogen and oxygen atoms in total. The average Bonchev–Trinajstić information content (AvgIpc) is 2.18. The van der Waals surface area contributed by atoms with Crippen LogP contribution in [-0.2, 0) is 14.3 Å². The molecule has 80 valence electrons. The Hall–Kier alpha value is -0.990. The lowest BCUT2D eigenvalue weighted by atomic mass is 9.98. The highest BCUT2D eigenvalue weighted by Crippen LogP contribution is 2.20. The van der Waals surface area contributed by atoms with E-state index in [1.807, 2.05) is 0 Å². The molecule has 1 aliphatic carbocycles.